The van der Waals surface area contributed by atoms with E-state index in [1.54, 1.807) is 0 Å². The van der Waals surface area contributed by atoms with Crippen LogP contribution in [0.2, 0.25) is 0 Å². The molecule has 0 aromatic heterocycles. The zero-order valence-corrected chi connectivity index (χ0v) is 15.0. The molecular weight excluding hydrogens is 370 g/mol. The van der Waals surface area contributed by atoms with E-state index in [2.05, 4.69) is 0 Å². The molecule has 0 aliphatic heterocycles. The van der Waals surface area contributed by atoms with Crippen molar-refractivity contribution in [1.82, 2.24) is 0 Å². The second-order valence-corrected chi connectivity index (χ2v) is 7.21. The van der Waals surface area contributed by atoms with Crippen LogP contribution in [0.4, 0.5) is 26.3 Å². The highest BCUT2D eigenvalue weighted by Crippen LogP contribution is 2.36. The molecule has 0 aliphatic carbocycles. The van der Waals surface area contributed by atoms with E-state index in [0.717, 1.165) is 12.1 Å². The fraction of sp³-hybridized carbons (Fsp3) is 0.600. The van der Waals surface area contributed by atoms with Gasteiger partial charge in [-0.15, -0.1) is 0 Å². The lowest BCUT2D eigenvalue weighted by atomic mass is 10.0. The predicted octanol–water partition coefficient (Wildman–Crippen LogP) is 4.46. The zero-order chi connectivity index (χ0) is 19.1. The lowest BCUT2D eigenvalue weighted by Gasteiger charge is -2.14. The average molecular weight is 390 g/mol. The minimum absolute atomic E-state index is 0.0177. The van der Waals surface area contributed by atoms with Gasteiger partial charge in [-0.05, 0) is 43.0 Å². The van der Waals surface area contributed by atoms with E-state index in [-0.39, 0.29) is 18.1 Å². The van der Waals surface area contributed by atoms with Crippen LogP contribution in [0, 0.1) is 0 Å². The molecule has 1 rings (SSSR count). The third-order valence-corrected chi connectivity index (χ3v) is 4.67. The van der Waals surface area contributed by atoms with Crippen molar-refractivity contribution >= 4 is 9.53 Å². The van der Waals surface area contributed by atoms with Crippen molar-refractivity contribution in [2.45, 2.75) is 38.0 Å². The van der Waals surface area contributed by atoms with Crippen LogP contribution in [-0.2, 0) is 32.1 Å². The second kappa shape index (κ2) is 9.55. The molecule has 0 spiro atoms. The lowest BCUT2D eigenvalue weighted by molar-refractivity contribution is -0.143. The molecule has 3 nitrogen and oxygen atoms in total. The summed E-state index contributed by atoms with van der Waals surface area (Å²) in [7, 11) is 0.824. The second-order valence-electron chi connectivity index (χ2n) is 5.36. The first-order valence-electron chi connectivity index (χ1n) is 7.53. The first-order chi connectivity index (χ1) is 11.6. The number of rotatable bonds is 9. The van der Waals surface area contributed by atoms with Crippen LogP contribution in [0.5, 0.6) is 0 Å². The fourth-order valence-electron chi connectivity index (χ4n) is 2.18. The largest absolute Gasteiger partial charge is 0.483 e. The van der Waals surface area contributed by atoms with E-state index in [4.69, 9.17) is 13.3 Å². The Morgan fingerprint density at radius 1 is 0.800 bits per heavy atom. The third-order valence-electron chi connectivity index (χ3n) is 3.40. The maximum Gasteiger partial charge on any atom is 0.483 e. The molecule has 0 amide bonds. The smallest absolute Gasteiger partial charge is 0.379 e. The van der Waals surface area contributed by atoms with Gasteiger partial charge in [-0.1, -0.05) is 6.42 Å². The van der Waals surface area contributed by atoms with Gasteiger partial charge in [0.25, 0.3) is 0 Å². The molecule has 0 fully saturated rings. The number of aryl methyl sites for hydroxylation is 1. The number of halogens is 6. The van der Waals surface area contributed by atoms with Crippen molar-refractivity contribution in [2.24, 2.45) is 0 Å². The van der Waals surface area contributed by atoms with Crippen LogP contribution in [0.1, 0.15) is 36.0 Å². The summed E-state index contributed by atoms with van der Waals surface area (Å²) in [6.07, 6.45) is -7.84. The number of benzene rings is 1. The molecule has 0 radical (unpaired) electrons. The normalized spacial score (nSPS) is 12.8. The van der Waals surface area contributed by atoms with Gasteiger partial charge in [0.05, 0.1) is 11.1 Å². The highest BCUT2D eigenvalue weighted by Gasteiger charge is 2.36. The van der Waals surface area contributed by atoms with E-state index in [0.29, 0.717) is 25.9 Å². The first kappa shape index (κ1) is 21.9. The summed E-state index contributed by atoms with van der Waals surface area (Å²) < 4.78 is 91.8. The molecule has 25 heavy (non-hydrogen) atoms. The lowest BCUT2D eigenvalue weighted by Crippen LogP contribution is -2.24. The Hall–Kier alpha value is -1.10. The van der Waals surface area contributed by atoms with Gasteiger partial charge in [-0.3, -0.25) is 0 Å². The van der Waals surface area contributed by atoms with Crippen molar-refractivity contribution in [2.75, 3.05) is 20.8 Å². The molecule has 1 aromatic carbocycles. The van der Waals surface area contributed by atoms with Gasteiger partial charge in [0, 0.05) is 20.8 Å². The van der Waals surface area contributed by atoms with Crippen molar-refractivity contribution in [3.8, 4) is 0 Å². The van der Waals surface area contributed by atoms with E-state index < -0.39 is 33.0 Å². The van der Waals surface area contributed by atoms with Gasteiger partial charge < -0.3 is 13.3 Å². The van der Waals surface area contributed by atoms with Crippen LogP contribution in [0.15, 0.2) is 18.2 Å². The number of alkyl halides is 6. The monoisotopic (exact) mass is 390 g/mol. The summed E-state index contributed by atoms with van der Waals surface area (Å²) in [5.74, 6) is 0. The van der Waals surface area contributed by atoms with Crippen LogP contribution in [0.25, 0.3) is 0 Å². The van der Waals surface area contributed by atoms with Crippen molar-refractivity contribution < 1.29 is 39.6 Å². The fourth-order valence-corrected chi connectivity index (χ4v) is 3.01. The first-order valence-corrected chi connectivity index (χ1v) is 8.95. The molecule has 0 aliphatic rings. The number of hydrogen-bond donors (Lipinski definition) is 0. The molecule has 144 valence electrons. The Kier molecular flexibility index (Phi) is 8.38. The third kappa shape index (κ3) is 7.76. The predicted molar refractivity (Wildman–Crippen MR) is 81.1 cm³/mol. The van der Waals surface area contributed by atoms with E-state index in [1.807, 2.05) is 0 Å². The van der Waals surface area contributed by atoms with Crippen molar-refractivity contribution in [3.05, 3.63) is 34.9 Å². The van der Waals surface area contributed by atoms with Gasteiger partial charge in [-0.25, -0.2) is 0 Å². The molecule has 10 heteroatoms. The molecule has 1 aromatic rings. The molecule has 0 unspecified atom stereocenters. The minimum Gasteiger partial charge on any atom is -0.379 e. The summed E-state index contributed by atoms with van der Waals surface area (Å²) in [5, 5.41) is 0. The maximum absolute atomic E-state index is 12.8. The van der Waals surface area contributed by atoms with Crippen LogP contribution >= 0.6 is 0 Å². The Labute approximate surface area is 143 Å². The quantitative estimate of drug-likeness (QED) is 0.354. The Bertz CT molecular complexity index is 497. The maximum atomic E-state index is 12.8. The van der Waals surface area contributed by atoms with Crippen molar-refractivity contribution in [1.29, 1.82) is 0 Å². The molecule has 0 saturated heterocycles. The summed E-state index contributed by atoms with van der Waals surface area (Å²) in [6, 6.07) is 1.67. The standard InChI is InChI=1S/C15H20F6O3Si/c1-22-25(23-2)24-7-5-3-4-6-11-8-12(14(16,17)18)10-13(9-11)15(19,20)21/h8-10,25H,3-7H2,1-2H3. The molecule has 0 heterocycles. The average Bonchev–Trinajstić information content (AvgIpc) is 2.52. The molecule has 0 N–H and O–H groups in total. The van der Waals surface area contributed by atoms with Crippen LogP contribution in [-0.4, -0.2) is 30.4 Å². The molecule has 0 bridgehead atoms. The van der Waals surface area contributed by atoms with Crippen LogP contribution < -0.4 is 0 Å². The molecular formula is C15H20F6O3Si. The van der Waals surface area contributed by atoms with E-state index >= 15 is 0 Å². The Morgan fingerprint density at radius 3 is 1.76 bits per heavy atom. The van der Waals surface area contributed by atoms with Gasteiger partial charge in [0.15, 0.2) is 0 Å². The molecule has 0 saturated carbocycles. The number of hydrogen-bond acceptors (Lipinski definition) is 3. The Morgan fingerprint density at radius 2 is 1.32 bits per heavy atom. The molecule has 0 atom stereocenters. The van der Waals surface area contributed by atoms with Crippen molar-refractivity contribution in [3.63, 3.8) is 0 Å². The number of unbranched alkanes of at least 4 members (excludes halogenated alkanes) is 2. The highest BCUT2D eigenvalue weighted by molar-refractivity contribution is 6.36. The SMILES string of the molecule is CO[SiH](OC)OCCCCCc1cc(C(F)(F)F)cc(C(F)(F)F)c1. The van der Waals surface area contributed by atoms with Gasteiger partial charge >= 0.3 is 21.9 Å². The van der Waals surface area contributed by atoms with Crippen LogP contribution in [0.3, 0.4) is 0 Å². The summed E-state index contributed by atoms with van der Waals surface area (Å²) in [6.45, 7) is 0.370. The Balaban J connectivity index is 2.60. The zero-order valence-electron chi connectivity index (χ0n) is 13.8. The van der Waals surface area contributed by atoms with Gasteiger partial charge in [0.1, 0.15) is 0 Å². The highest BCUT2D eigenvalue weighted by atomic mass is 28.3. The summed E-state index contributed by atoms with van der Waals surface area (Å²) in [4.78, 5) is 0. The summed E-state index contributed by atoms with van der Waals surface area (Å²) >= 11 is 0. The van der Waals surface area contributed by atoms with E-state index in [1.165, 1.54) is 14.2 Å². The van der Waals surface area contributed by atoms with Gasteiger partial charge in [0.2, 0.25) is 0 Å². The summed E-state index contributed by atoms with van der Waals surface area (Å²) in [5.41, 5.74) is -2.55. The minimum atomic E-state index is -4.82. The van der Waals surface area contributed by atoms with E-state index in [9.17, 15) is 26.3 Å². The van der Waals surface area contributed by atoms with Gasteiger partial charge in [-0.2, -0.15) is 26.3 Å². The topological polar surface area (TPSA) is 27.7 Å².